The van der Waals surface area contributed by atoms with E-state index in [2.05, 4.69) is 65.6 Å². The van der Waals surface area contributed by atoms with Crippen LogP contribution in [0.15, 0.2) is 103 Å². The Balaban J connectivity index is 1.58. The molecule has 1 amide bonds. The summed E-state index contributed by atoms with van der Waals surface area (Å²) in [5, 5.41) is 0. The maximum Gasteiger partial charge on any atom is 0.230 e. The van der Waals surface area contributed by atoms with Crippen molar-refractivity contribution in [2.45, 2.75) is 25.4 Å². The van der Waals surface area contributed by atoms with Crippen molar-refractivity contribution in [3.8, 4) is 0 Å². The van der Waals surface area contributed by atoms with Crippen LogP contribution in [0.1, 0.15) is 16.7 Å². The Morgan fingerprint density at radius 3 is 1.68 bits per heavy atom. The Morgan fingerprint density at radius 1 is 0.607 bits per heavy atom. The van der Waals surface area contributed by atoms with Crippen LogP contribution in [0.3, 0.4) is 0 Å². The Morgan fingerprint density at radius 2 is 1.11 bits per heavy atom. The molecule has 140 valence electrons. The van der Waals surface area contributed by atoms with Crippen LogP contribution in [-0.2, 0) is 24.2 Å². The molecule has 2 atom stereocenters. The van der Waals surface area contributed by atoms with Crippen molar-refractivity contribution in [2.24, 2.45) is 5.92 Å². The summed E-state index contributed by atoms with van der Waals surface area (Å²) in [5.41, 5.74) is 3.62. The lowest BCUT2D eigenvalue weighted by Gasteiger charge is -2.36. The van der Waals surface area contributed by atoms with Crippen LogP contribution in [0.2, 0.25) is 0 Å². The van der Waals surface area contributed by atoms with Gasteiger partial charge in [0.15, 0.2) is 0 Å². The van der Waals surface area contributed by atoms with Crippen LogP contribution in [0.4, 0.5) is 0 Å². The average molecular weight is 367 g/mol. The molecule has 1 heterocycles. The largest absolute Gasteiger partial charge is 0.331 e. The van der Waals surface area contributed by atoms with Gasteiger partial charge in [-0.1, -0.05) is 103 Å². The van der Waals surface area contributed by atoms with Gasteiger partial charge in [0.05, 0.1) is 12.0 Å². The van der Waals surface area contributed by atoms with Gasteiger partial charge in [0.2, 0.25) is 5.91 Å². The van der Waals surface area contributed by atoms with Gasteiger partial charge in [0.25, 0.3) is 0 Å². The highest BCUT2D eigenvalue weighted by Crippen LogP contribution is 2.25. The van der Waals surface area contributed by atoms with Gasteiger partial charge in [-0.05, 0) is 29.5 Å². The van der Waals surface area contributed by atoms with Gasteiger partial charge in [-0.25, -0.2) is 0 Å². The summed E-state index contributed by atoms with van der Waals surface area (Å²) in [6.07, 6.45) is 5.93. The van der Waals surface area contributed by atoms with Crippen molar-refractivity contribution in [1.82, 2.24) is 4.90 Å². The van der Waals surface area contributed by atoms with Crippen molar-refractivity contribution >= 4 is 5.91 Å². The van der Waals surface area contributed by atoms with Crippen LogP contribution in [0.5, 0.6) is 0 Å². The van der Waals surface area contributed by atoms with Crippen molar-refractivity contribution in [3.63, 3.8) is 0 Å². The fourth-order valence-electron chi connectivity index (χ4n) is 3.86. The van der Waals surface area contributed by atoms with E-state index in [0.29, 0.717) is 6.54 Å². The predicted molar refractivity (Wildman–Crippen MR) is 114 cm³/mol. The second-order valence-corrected chi connectivity index (χ2v) is 7.39. The SMILES string of the molecule is O=C1[C@H](Cc2ccccc2)C=C[C@H](Cc2ccccc2)N1Cc1ccccc1. The lowest BCUT2D eigenvalue weighted by molar-refractivity contribution is -0.137. The van der Waals surface area contributed by atoms with Crippen LogP contribution in [0, 0.1) is 5.92 Å². The Bertz CT molecular complexity index is 918. The number of carbonyl (C=O) groups is 1. The number of benzene rings is 3. The summed E-state index contributed by atoms with van der Waals surface area (Å²) in [4.78, 5) is 15.5. The molecule has 1 aliphatic rings. The number of hydrogen-bond acceptors (Lipinski definition) is 1. The van der Waals surface area contributed by atoms with E-state index >= 15 is 0 Å². The zero-order valence-electron chi connectivity index (χ0n) is 15.9. The molecular formula is C26H25NO. The van der Waals surface area contributed by atoms with Crippen molar-refractivity contribution in [3.05, 3.63) is 120 Å². The first kappa shape index (κ1) is 18.2. The van der Waals surface area contributed by atoms with E-state index < -0.39 is 0 Å². The molecule has 0 unspecified atom stereocenters. The van der Waals surface area contributed by atoms with Crippen molar-refractivity contribution < 1.29 is 4.79 Å². The molecule has 0 fully saturated rings. The maximum absolute atomic E-state index is 13.4. The molecule has 2 heteroatoms. The first-order valence-electron chi connectivity index (χ1n) is 9.90. The number of amides is 1. The Hall–Kier alpha value is -3.13. The van der Waals surface area contributed by atoms with Gasteiger partial charge in [-0.15, -0.1) is 0 Å². The minimum Gasteiger partial charge on any atom is -0.331 e. The first-order chi connectivity index (χ1) is 13.8. The Labute approximate surface area is 167 Å². The van der Waals surface area contributed by atoms with E-state index in [1.807, 2.05) is 42.5 Å². The number of rotatable bonds is 6. The van der Waals surface area contributed by atoms with Crippen LogP contribution in [0.25, 0.3) is 0 Å². The molecule has 0 bridgehead atoms. The molecule has 0 aromatic heterocycles. The highest BCUT2D eigenvalue weighted by Gasteiger charge is 2.31. The van der Waals surface area contributed by atoms with Crippen LogP contribution in [-0.4, -0.2) is 16.8 Å². The lowest BCUT2D eigenvalue weighted by atomic mass is 9.90. The first-order valence-corrected chi connectivity index (χ1v) is 9.90. The quantitative estimate of drug-likeness (QED) is 0.558. The molecule has 0 spiro atoms. The summed E-state index contributed by atoms with van der Waals surface area (Å²) in [6, 6.07) is 31.0. The van der Waals surface area contributed by atoms with Crippen molar-refractivity contribution in [1.29, 1.82) is 0 Å². The summed E-state index contributed by atoms with van der Waals surface area (Å²) in [7, 11) is 0. The summed E-state index contributed by atoms with van der Waals surface area (Å²) in [6.45, 7) is 0.646. The van der Waals surface area contributed by atoms with Crippen LogP contribution >= 0.6 is 0 Å². The molecule has 2 nitrogen and oxygen atoms in total. The van der Waals surface area contributed by atoms with Gasteiger partial charge in [-0.3, -0.25) is 4.79 Å². The van der Waals surface area contributed by atoms with E-state index in [0.717, 1.165) is 12.8 Å². The van der Waals surface area contributed by atoms with Gasteiger partial charge in [-0.2, -0.15) is 0 Å². The van der Waals surface area contributed by atoms with E-state index in [4.69, 9.17) is 0 Å². The topological polar surface area (TPSA) is 20.3 Å². The molecule has 0 radical (unpaired) electrons. The number of hydrogen-bond donors (Lipinski definition) is 0. The number of carbonyl (C=O) groups excluding carboxylic acids is 1. The molecule has 4 rings (SSSR count). The molecule has 0 aliphatic carbocycles. The minimum atomic E-state index is -0.0989. The summed E-state index contributed by atoms with van der Waals surface area (Å²) in [5.74, 6) is 0.120. The van der Waals surface area contributed by atoms with E-state index in [1.165, 1.54) is 16.7 Å². The molecule has 1 aliphatic heterocycles. The summed E-state index contributed by atoms with van der Waals surface area (Å²) >= 11 is 0. The van der Waals surface area contributed by atoms with Gasteiger partial charge < -0.3 is 4.90 Å². The van der Waals surface area contributed by atoms with E-state index in [-0.39, 0.29) is 17.9 Å². The fraction of sp³-hybridized carbons (Fsp3) is 0.192. The Kier molecular flexibility index (Phi) is 5.67. The normalized spacial score (nSPS) is 19.0. The smallest absolute Gasteiger partial charge is 0.230 e. The highest BCUT2D eigenvalue weighted by atomic mass is 16.2. The lowest BCUT2D eigenvalue weighted by Crippen LogP contribution is -2.46. The fourth-order valence-corrected chi connectivity index (χ4v) is 3.86. The molecular weight excluding hydrogens is 342 g/mol. The molecule has 3 aromatic carbocycles. The minimum absolute atomic E-state index is 0.0853. The second kappa shape index (κ2) is 8.71. The van der Waals surface area contributed by atoms with Crippen LogP contribution < -0.4 is 0 Å². The third-order valence-electron chi connectivity index (χ3n) is 5.35. The average Bonchev–Trinajstić information content (AvgIpc) is 2.75. The molecule has 28 heavy (non-hydrogen) atoms. The third kappa shape index (κ3) is 4.40. The third-order valence-corrected chi connectivity index (χ3v) is 5.35. The molecule has 0 N–H and O–H groups in total. The molecule has 0 saturated heterocycles. The standard InChI is InChI=1S/C26H25NO/c28-26-24(18-21-10-4-1-5-11-21)16-17-25(19-22-12-6-2-7-13-22)27(26)20-23-14-8-3-9-15-23/h1-17,24-25H,18-20H2/t24-,25+/m0/s1. The highest BCUT2D eigenvalue weighted by molar-refractivity contribution is 5.82. The zero-order chi connectivity index (χ0) is 19.2. The second-order valence-electron chi connectivity index (χ2n) is 7.39. The van der Waals surface area contributed by atoms with E-state index in [1.54, 1.807) is 0 Å². The summed E-state index contributed by atoms with van der Waals surface area (Å²) < 4.78 is 0. The zero-order valence-corrected chi connectivity index (χ0v) is 15.9. The molecule has 3 aromatic rings. The monoisotopic (exact) mass is 367 g/mol. The predicted octanol–water partition coefficient (Wildman–Crippen LogP) is 5.06. The maximum atomic E-state index is 13.4. The van der Waals surface area contributed by atoms with Gasteiger partial charge in [0.1, 0.15) is 0 Å². The molecule has 0 saturated carbocycles. The number of nitrogens with zero attached hydrogens (tertiary/aromatic N) is 1. The van der Waals surface area contributed by atoms with E-state index in [9.17, 15) is 4.79 Å². The van der Waals surface area contributed by atoms with Gasteiger partial charge >= 0.3 is 0 Å². The van der Waals surface area contributed by atoms with Crippen molar-refractivity contribution in [2.75, 3.05) is 0 Å². The van der Waals surface area contributed by atoms with Gasteiger partial charge in [0, 0.05) is 6.54 Å².